The second-order valence-electron chi connectivity index (χ2n) is 4.46. The molecule has 0 radical (unpaired) electrons. The van der Waals surface area contributed by atoms with E-state index in [0.29, 0.717) is 11.3 Å². The van der Waals surface area contributed by atoms with Crippen LogP contribution >= 0.6 is 11.6 Å². The number of hydrogen-bond acceptors (Lipinski definition) is 4. The van der Waals surface area contributed by atoms with Crippen molar-refractivity contribution in [1.82, 2.24) is 9.78 Å². The van der Waals surface area contributed by atoms with E-state index in [2.05, 4.69) is 15.1 Å². The number of aliphatic hydroxyl groups excluding tert-OH is 2. The quantitative estimate of drug-likeness (QED) is 0.503. The van der Waals surface area contributed by atoms with E-state index in [4.69, 9.17) is 17.1 Å². The fourth-order valence-corrected chi connectivity index (χ4v) is 2.38. The van der Waals surface area contributed by atoms with E-state index in [1.807, 2.05) is 30.3 Å². The summed E-state index contributed by atoms with van der Waals surface area (Å²) in [6.07, 6.45) is -2.52. The van der Waals surface area contributed by atoms with Crippen LogP contribution in [0.2, 0.25) is 5.15 Å². The first-order chi connectivity index (χ1) is 10.1. The lowest BCUT2D eigenvalue weighted by atomic mass is 10.1. The highest BCUT2D eigenvalue weighted by Crippen LogP contribution is 2.30. The topological polar surface area (TPSA) is 107 Å². The monoisotopic (exact) mass is 307 g/mol. The van der Waals surface area contributed by atoms with Gasteiger partial charge in [0.25, 0.3) is 0 Å². The molecule has 7 nitrogen and oxygen atoms in total. The third kappa shape index (κ3) is 3.17. The SMILES string of the molecule is Cc1nn(-c2ccccc2)c(Cl)c1C(O)C(O)CN=[N+]=[N-]. The van der Waals surface area contributed by atoms with Crippen LogP contribution in [-0.4, -0.2) is 32.6 Å². The van der Waals surface area contributed by atoms with E-state index in [1.54, 1.807) is 6.92 Å². The molecule has 2 unspecified atom stereocenters. The predicted octanol–water partition coefficient (Wildman–Crippen LogP) is 2.54. The number of halogens is 1. The lowest BCUT2D eigenvalue weighted by Gasteiger charge is -2.15. The molecule has 0 aliphatic carbocycles. The van der Waals surface area contributed by atoms with Crippen LogP contribution in [0.25, 0.3) is 16.1 Å². The van der Waals surface area contributed by atoms with E-state index in [-0.39, 0.29) is 11.7 Å². The molecular weight excluding hydrogens is 294 g/mol. The van der Waals surface area contributed by atoms with Gasteiger partial charge in [0, 0.05) is 10.5 Å². The van der Waals surface area contributed by atoms with Gasteiger partial charge in [0.05, 0.1) is 24.0 Å². The fourth-order valence-electron chi connectivity index (χ4n) is 2.00. The van der Waals surface area contributed by atoms with Gasteiger partial charge in [-0.2, -0.15) is 5.10 Å². The number of aromatic nitrogens is 2. The van der Waals surface area contributed by atoms with Crippen molar-refractivity contribution in [2.45, 2.75) is 19.1 Å². The molecular formula is C13H14ClN5O2. The molecule has 1 aromatic heterocycles. The van der Waals surface area contributed by atoms with Gasteiger partial charge in [-0.1, -0.05) is 34.9 Å². The number of nitrogens with zero attached hydrogens (tertiary/aromatic N) is 5. The molecule has 0 saturated heterocycles. The standard InChI is InChI=1S/C13H14ClN5O2/c1-8-11(12(21)10(20)7-16-18-15)13(14)19(17-8)9-5-3-2-4-6-9/h2-6,10,12,20-21H,7H2,1H3. The molecule has 0 aliphatic rings. The Morgan fingerprint density at radius 3 is 2.67 bits per heavy atom. The molecule has 1 heterocycles. The smallest absolute Gasteiger partial charge is 0.139 e. The second kappa shape index (κ2) is 6.60. The highest BCUT2D eigenvalue weighted by molar-refractivity contribution is 6.30. The maximum Gasteiger partial charge on any atom is 0.139 e. The maximum absolute atomic E-state index is 10.2. The molecule has 0 fully saturated rings. The Hall–Kier alpha value is -2.05. The van der Waals surface area contributed by atoms with Crippen molar-refractivity contribution in [2.75, 3.05) is 6.54 Å². The summed E-state index contributed by atoms with van der Waals surface area (Å²) in [5.41, 5.74) is 9.81. The lowest BCUT2D eigenvalue weighted by Crippen LogP contribution is -2.21. The number of aliphatic hydroxyl groups is 2. The minimum absolute atomic E-state index is 0.214. The minimum Gasteiger partial charge on any atom is -0.390 e. The highest BCUT2D eigenvalue weighted by atomic mass is 35.5. The fraction of sp³-hybridized carbons (Fsp3) is 0.308. The Morgan fingerprint density at radius 1 is 1.38 bits per heavy atom. The van der Waals surface area contributed by atoms with Crippen LogP contribution in [0.4, 0.5) is 0 Å². The van der Waals surface area contributed by atoms with Gasteiger partial charge in [0.1, 0.15) is 11.3 Å². The molecule has 2 N–H and O–H groups in total. The van der Waals surface area contributed by atoms with Gasteiger partial charge < -0.3 is 10.2 Å². The normalized spacial score (nSPS) is 13.5. The Kier molecular flexibility index (Phi) is 4.82. The molecule has 2 atom stereocenters. The first-order valence-corrected chi connectivity index (χ1v) is 6.61. The number of hydrogen-bond donors (Lipinski definition) is 2. The zero-order chi connectivity index (χ0) is 15.4. The summed E-state index contributed by atoms with van der Waals surface area (Å²) in [4.78, 5) is 2.55. The molecule has 0 bridgehead atoms. The zero-order valence-corrected chi connectivity index (χ0v) is 12.0. The molecule has 2 rings (SSSR count). The predicted molar refractivity (Wildman–Crippen MR) is 78.3 cm³/mol. The highest BCUT2D eigenvalue weighted by Gasteiger charge is 2.26. The number of benzene rings is 1. The lowest BCUT2D eigenvalue weighted by molar-refractivity contribution is 0.0241. The van der Waals surface area contributed by atoms with Crippen molar-refractivity contribution in [3.63, 3.8) is 0 Å². The van der Waals surface area contributed by atoms with Crippen molar-refractivity contribution < 1.29 is 10.2 Å². The maximum atomic E-state index is 10.2. The van der Waals surface area contributed by atoms with Crippen molar-refractivity contribution >= 4 is 11.6 Å². The number of aryl methyl sites for hydroxylation is 1. The van der Waals surface area contributed by atoms with Crippen LogP contribution in [0.5, 0.6) is 0 Å². The molecule has 0 spiro atoms. The van der Waals surface area contributed by atoms with Gasteiger partial charge in [-0.05, 0) is 24.6 Å². The van der Waals surface area contributed by atoms with Crippen LogP contribution < -0.4 is 0 Å². The molecule has 0 aliphatic heterocycles. The first-order valence-electron chi connectivity index (χ1n) is 6.23. The van der Waals surface area contributed by atoms with E-state index in [1.165, 1.54) is 4.68 Å². The largest absolute Gasteiger partial charge is 0.390 e. The van der Waals surface area contributed by atoms with Crippen LogP contribution in [0.3, 0.4) is 0 Å². The summed E-state index contributed by atoms with van der Waals surface area (Å²) in [5, 5.41) is 27.7. The molecule has 110 valence electrons. The molecule has 1 aromatic carbocycles. The van der Waals surface area contributed by atoms with Gasteiger partial charge in [0.2, 0.25) is 0 Å². The Bertz CT molecular complexity index is 667. The van der Waals surface area contributed by atoms with Crippen molar-refractivity contribution in [1.29, 1.82) is 0 Å². The number of para-hydroxylation sites is 1. The van der Waals surface area contributed by atoms with Crippen LogP contribution in [0.15, 0.2) is 35.4 Å². The summed E-state index contributed by atoms with van der Waals surface area (Å²) in [5.74, 6) is 0. The minimum atomic E-state index is -1.28. The van der Waals surface area contributed by atoms with Crippen molar-refractivity contribution in [3.8, 4) is 5.69 Å². The van der Waals surface area contributed by atoms with Crippen LogP contribution in [-0.2, 0) is 0 Å². The summed E-state index contributed by atoms with van der Waals surface area (Å²) < 4.78 is 1.48. The van der Waals surface area contributed by atoms with Crippen LogP contribution in [0.1, 0.15) is 17.4 Å². The van der Waals surface area contributed by atoms with E-state index in [9.17, 15) is 10.2 Å². The molecule has 2 aromatic rings. The van der Waals surface area contributed by atoms with Gasteiger partial charge >= 0.3 is 0 Å². The van der Waals surface area contributed by atoms with Gasteiger partial charge in [-0.3, -0.25) is 0 Å². The van der Waals surface area contributed by atoms with Gasteiger partial charge in [-0.25, -0.2) is 4.68 Å². The second-order valence-corrected chi connectivity index (χ2v) is 4.82. The molecule has 8 heteroatoms. The van der Waals surface area contributed by atoms with E-state index < -0.39 is 12.2 Å². The Labute approximate surface area is 126 Å². The summed E-state index contributed by atoms with van der Waals surface area (Å²) in [6, 6.07) is 9.20. The van der Waals surface area contributed by atoms with E-state index >= 15 is 0 Å². The molecule has 21 heavy (non-hydrogen) atoms. The third-order valence-electron chi connectivity index (χ3n) is 3.04. The van der Waals surface area contributed by atoms with Gasteiger partial charge in [-0.15, -0.1) is 0 Å². The number of azide groups is 1. The Morgan fingerprint density at radius 2 is 2.05 bits per heavy atom. The van der Waals surface area contributed by atoms with Crippen LogP contribution in [0, 0.1) is 6.92 Å². The average Bonchev–Trinajstić information content (AvgIpc) is 2.80. The molecule has 0 amide bonds. The third-order valence-corrected chi connectivity index (χ3v) is 3.40. The number of rotatable bonds is 5. The summed E-state index contributed by atoms with van der Waals surface area (Å²) in [6.45, 7) is 1.44. The first kappa shape index (κ1) is 15.3. The van der Waals surface area contributed by atoms with Crippen molar-refractivity contribution in [2.24, 2.45) is 5.11 Å². The average molecular weight is 308 g/mol. The molecule has 0 saturated carbocycles. The van der Waals surface area contributed by atoms with Crippen molar-refractivity contribution in [3.05, 3.63) is 57.2 Å². The van der Waals surface area contributed by atoms with Gasteiger partial charge in [0.15, 0.2) is 0 Å². The summed E-state index contributed by atoms with van der Waals surface area (Å²) in [7, 11) is 0. The zero-order valence-electron chi connectivity index (χ0n) is 11.3. The van der Waals surface area contributed by atoms with E-state index in [0.717, 1.165) is 5.69 Å². The Balaban J connectivity index is 2.38. The summed E-state index contributed by atoms with van der Waals surface area (Å²) >= 11 is 6.26.